The lowest BCUT2D eigenvalue weighted by atomic mass is 10.1. The van der Waals surface area contributed by atoms with Crippen molar-refractivity contribution >= 4 is 17.9 Å². The fourth-order valence-electron chi connectivity index (χ4n) is 7.77. The van der Waals surface area contributed by atoms with Gasteiger partial charge in [0.1, 0.15) is 13.2 Å². The molecule has 0 aromatic rings. The van der Waals surface area contributed by atoms with Crippen LogP contribution >= 0.6 is 0 Å². The van der Waals surface area contributed by atoms with Crippen molar-refractivity contribution in [3.8, 4) is 0 Å². The number of carbonyl (C=O) groups is 3. The summed E-state index contributed by atoms with van der Waals surface area (Å²) in [6.45, 7) is 6.16. The van der Waals surface area contributed by atoms with E-state index >= 15 is 0 Å². The van der Waals surface area contributed by atoms with E-state index in [1.807, 2.05) is 12.2 Å². The number of ether oxygens (including phenoxy) is 3. The molecule has 0 amide bonds. The molecule has 0 aliphatic heterocycles. The third-order valence-corrected chi connectivity index (χ3v) is 12.5. The van der Waals surface area contributed by atoms with Crippen LogP contribution in [0, 0.1) is 0 Å². The first-order valence-corrected chi connectivity index (χ1v) is 32.2. The molecule has 83 heavy (non-hydrogen) atoms. The summed E-state index contributed by atoms with van der Waals surface area (Å²) in [5, 5.41) is 0. The molecular weight excluding hydrogens is 1020 g/mol. The van der Waals surface area contributed by atoms with Gasteiger partial charge in [0.25, 0.3) is 0 Å². The number of unbranched alkanes of at least 4 members (excludes halogenated alkanes) is 8. The first kappa shape index (κ1) is 76.7. The second-order valence-corrected chi connectivity index (χ2v) is 20.2. The third kappa shape index (κ3) is 66.4. The first-order chi connectivity index (χ1) is 41.0. The molecule has 0 rings (SSSR count). The number of allylic oxidation sites excluding steroid dienone is 36. The van der Waals surface area contributed by atoms with Crippen LogP contribution in [0.2, 0.25) is 0 Å². The van der Waals surface area contributed by atoms with Gasteiger partial charge in [-0.2, -0.15) is 0 Å². The lowest BCUT2D eigenvalue weighted by Crippen LogP contribution is -2.30. The molecule has 0 heterocycles. The van der Waals surface area contributed by atoms with E-state index in [-0.39, 0.29) is 44.0 Å². The van der Waals surface area contributed by atoms with Crippen molar-refractivity contribution in [2.24, 2.45) is 0 Å². The molecule has 0 aliphatic carbocycles. The summed E-state index contributed by atoms with van der Waals surface area (Å²) < 4.78 is 16.8. The minimum Gasteiger partial charge on any atom is -0.462 e. The summed E-state index contributed by atoms with van der Waals surface area (Å²) in [6.07, 6.45) is 107. The molecule has 0 aliphatic rings. The highest BCUT2D eigenvalue weighted by Gasteiger charge is 2.19. The quantitative estimate of drug-likeness (QED) is 0.0261. The maximum absolute atomic E-state index is 12.9. The first-order valence-electron chi connectivity index (χ1n) is 32.2. The van der Waals surface area contributed by atoms with Crippen LogP contribution in [-0.4, -0.2) is 37.2 Å². The van der Waals surface area contributed by atoms with Gasteiger partial charge in [-0.1, -0.05) is 265 Å². The average molecular weight is 1140 g/mol. The van der Waals surface area contributed by atoms with Gasteiger partial charge in [-0.15, -0.1) is 0 Å². The summed E-state index contributed by atoms with van der Waals surface area (Å²) in [4.78, 5) is 38.3. The molecule has 6 nitrogen and oxygen atoms in total. The summed E-state index contributed by atoms with van der Waals surface area (Å²) in [6, 6.07) is 0. The maximum atomic E-state index is 12.9. The zero-order valence-corrected chi connectivity index (χ0v) is 52.4. The molecule has 458 valence electrons. The van der Waals surface area contributed by atoms with E-state index in [0.29, 0.717) is 19.3 Å². The van der Waals surface area contributed by atoms with Crippen LogP contribution in [0.1, 0.15) is 226 Å². The molecule has 6 heteroatoms. The summed E-state index contributed by atoms with van der Waals surface area (Å²) in [5.41, 5.74) is 0. The van der Waals surface area contributed by atoms with E-state index < -0.39 is 6.10 Å². The second-order valence-electron chi connectivity index (χ2n) is 20.2. The molecule has 1 atom stereocenters. The Morgan fingerprint density at radius 1 is 0.241 bits per heavy atom. The Morgan fingerprint density at radius 2 is 0.458 bits per heavy atom. The van der Waals surface area contributed by atoms with Gasteiger partial charge in [0.05, 0.1) is 0 Å². The van der Waals surface area contributed by atoms with Crippen LogP contribution in [0.4, 0.5) is 0 Å². The Bertz CT molecular complexity index is 2080. The third-order valence-electron chi connectivity index (χ3n) is 12.5. The highest BCUT2D eigenvalue weighted by molar-refractivity contribution is 5.71. The van der Waals surface area contributed by atoms with Gasteiger partial charge in [0.15, 0.2) is 6.10 Å². The lowest BCUT2D eigenvalue weighted by molar-refractivity contribution is -0.166. The SMILES string of the molecule is CC/C=C\C/C=C\C/C=C\C/C=C\C/C=C\C/C=C\CCCCCCCCC(=O)OCC(COC(=O)CC/C=C\C/C=C\C/C=C\C/C=C\C/C=C\C/C=C\CC)OC(=O)CCCC/C=C\C/C=C\C/C=C\C/C=C\C/C=C\C/C=C\CC. The normalized spacial score (nSPS) is 13.6. The van der Waals surface area contributed by atoms with Crippen LogP contribution < -0.4 is 0 Å². The van der Waals surface area contributed by atoms with Crippen molar-refractivity contribution in [3.63, 3.8) is 0 Å². The smallest absolute Gasteiger partial charge is 0.306 e. The zero-order chi connectivity index (χ0) is 59.9. The molecule has 0 radical (unpaired) electrons. The van der Waals surface area contributed by atoms with E-state index in [9.17, 15) is 14.4 Å². The van der Waals surface area contributed by atoms with Crippen molar-refractivity contribution in [2.75, 3.05) is 13.2 Å². The van der Waals surface area contributed by atoms with E-state index in [1.165, 1.54) is 12.8 Å². The molecule has 0 saturated heterocycles. The van der Waals surface area contributed by atoms with E-state index in [0.717, 1.165) is 161 Å². The predicted octanol–water partition coefficient (Wildman–Crippen LogP) is 22.5. The number of rotatable bonds is 55. The zero-order valence-electron chi connectivity index (χ0n) is 52.4. The maximum Gasteiger partial charge on any atom is 0.306 e. The topological polar surface area (TPSA) is 78.9 Å². The van der Waals surface area contributed by atoms with Crippen LogP contribution in [0.5, 0.6) is 0 Å². The Labute approximate surface area is 508 Å². The summed E-state index contributed by atoms with van der Waals surface area (Å²) in [7, 11) is 0. The highest BCUT2D eigenvalue weighted by Crippen LogP contribution is 2.12. The standard InChI is InChI=1S/C77H114O6/c1-4-7-10-13-16-19-22-25-28-31-34-36-37-38-39-41-43-46-49-52-55-58-61-64-67-70-76(79)82-73-74(72-81-75(78)69-66-63-60-57-54-51-48-45-42-33-30-27-24-21-18-15-12-9-6-3)83-77(80)71-68-65-62-59-56-53-50-47-44-40-35-32-29-26-23-20-17-14-11-8-5-2/h7-12,16-21,25-30,34-36,38-40,42-43,45-47,50-51,54,56,59-60,63,74H,4-6,13-15,22-24,31-33,37,41,44,48-49,52-53,55,57-58,61-62,64-73H2,1-3H3/b10-7-,11-8-,12-9-,19-16-,20-17-,21-18-,28-25-,29-26-,30-27-,36-34-,39-38-,40-35-,45-42-,46-43-,50-47-,54-51-,59-56-,63-60-. The van der Waals surface area contributed by atoms with Gasteiger partial charge in [-0.05, 0) is 161 Å². The molecule has 0 saturated carbocycles. The van der Waals surface area contributed by atoms with Crippen molar-refractivity contribution in [1.29, 1.82) is 0 Å². The molecular formula is C77H114O6. The summed E-state index contributed by atoms with van der Waals surface area (Å²) in [5.74, 6) is -1.10. The lowest BCUT2D eigenvalue weighted by Gasteiger charge is -2.18. The number of hydrogen-bond donors (Lipinski definition) is 0. The number of esters is 3. The van der Waals surface area contributed by atoms with Crippen LogP contribution in [0.15, 0.2) is 219 Å². The molecule has 0 bridgehead atoms. The monoisotopic (exact) mass is 1130 g/mol. The minimum absolute atomic E-state index is 0.141. The molecule has 0 fully saturated rings. The van der Waals surface area contributed by atoms with Crippen molar-refractivity contribution in [1.82, 2.24) is 0 Å². The van der Waals surface area contributed by atoms with E-state index in [4.69, 9.17) is 14.2 Å². The van der Waals surface area contributed by atoms with Gasteiger partial charge in [-0.3, -0.25) is 14.4 Å². The Kier molecular flexibility index (Phi) is 63.1. The molecule has 0 N–H and O–H groups in total. The molecule has 0 spiro atoms. The molecule has 0 aromatic carbocycles. The van der Waals surface area contributed by atoms with Crippen molar-refractivity contribution in [3.05, 3.63) is 219 Å². The Hall–Kier alpha value is -6.27. The van der Waals surface area contributed by atoms with Gasteiger partial charge >= 0.3 is 17.9 Å². The largest absolute Gasteiger partial charge is 0.462 e. The van der Waals surface area contributed by atoms with Crippen LogP contribution in [-0.2, 0) is 28.6 Å². The van der Waals surface area contributed by atoms with Gasteiger partial charge in [0, 0.05) is 19.3 Å². The van der Waals surface area contributed by atoms with E-state index in [1.54, 1.807) is 0 Å². The molecule has 0 aromatic heterocycles. The van der Waals surface area contributed by atoms with Gasteiger partial charge in [0.2, 0.25) is 0 Å². The Balaban J connectivity index is 4.64. The summed E-state index contributed by atoms with van der Waals surface area (Å²) >= 11 is 0. The second kappa shape index (κ2) is 68.2. The fourth-order valence-corrected chi connectivity index (χ4v) is 7.77. The predicted molar refractivity (Wildman–Crippen MR) is 361 cm³/mol. The van der Waals surface area contributed by atoms with Crippen LogP contribution in [0.3, 0.4) is 0 Å². The minimum atomic E-state index is -0.856. The van der Waals surface area contributed by atoms with Crippen molar-refractivity contribution in [2.45, 2.75) is 232 Å². The Morgan fingerprint density at radius 3 is 0.771 bits per heavy atom. The molecule has 1 unspecified atom stereocenters. The number of carbonyl (C=O) groups excluding carboxylic acids is 3. The van der Waals surface area contributed by atoms with Gasteiger partial charge < -0.3 is 14.2 Å². The average Bonchev–Trinajstić information content (AvgIpc) is 3.50. The van der Waals surface area contributed by atoms with E-state index in [2.05, 4.69) is 227 Å². The number of hydrogen-bond acceptors (Lipinski definition) is 6. The van der Waals surface area contributed by atoms with Gasteiger partial charge in [-0.25, -0.2) is 0 Å². The highest BCUT2D eigenvalue weighted by atomic mass is 16.6. The van der Waals surface area contributed by atoms with Crippen molar-refractivity contribution < 1.29 is 28.6 Å². The fraction of sp³-hybridized carbons (Fsp3) is 0.494. The van der Waals surface area contributed by atoms with Crippen LogP contribution in [0.25, 0.3) is 0 Å².